The summed E-state index contributed by atoms with van der Waals surface area (Å²) in [6, 6.07) is 3.76. The number of pyridine rings is 1. The highest BCUT2D eigenvalue weighted by Gasteiger charge is 2.27. The van der Waals surface area contributed by atoms with Crippen LogP contribution in [0.1, 0.15) is 37.0 Å². The molecule has 0 aliphatic carbocycles. The second kappa shape index (κ2) is 4.37. The van der Waals surface area contributed by atoms with Crippen LogP contribution in [0.15, 0.2) is 24.5 Å². The fourth-order valence-corrected chi connectivity index (χ4v) is 1.68. The molecule has 0 aliphatic heterocycles. The van der Waals surface area contributed by atoms with Gasteiger partial charge in [0.15, 0.2) is 5.78 Å². The van der Waals surface area contributed by atoms with Gasteiger partial charge in [-0.1, -0.05) is 20.8 Å². The lowest BCUT2D eigenvalue weighted by molar-refractivity contribution is 0.0853. The van der Waals surface area contributed by atoms with Gasteiger partial charge in [0, 0.05) is 29.1 Å². The maximum absolute atomic E-state index is 12.2. The molecule has 0 bridgehead atoms. The fourth-order valence-electron chi connectivity index (χ4n) is 1.68. The van der Waals surface area contributed by atoms with Crippen LogP contribution in [-0.2, 0) is 0 Å². The molecular formula is C14H17N3O. The van der Waals surface area contributed by atoms with Crippen LogP contribution in [0, 0.1) is 12.3 Å². The molecule has 2 aromatic heterocycles. The number of carbonyl (C=O) groups is 1. The smallest absolute Gasteiger partial charge is 0.188 e. The summed E-state index contributed by atoms with van der Waals surface area (Å²) in [5, 5.41) is 0. The zero-order valence-corrected chi connectivity index (χ0v) is 11.1. The summed E-state index contributed by atoms with van der Waals surface area (Å²) >= 11 is 0. The van der Waals surface area contributed by atoms with E-state index in [9.17, 15) is 4.79 Å². The molecule has 0 aromatic carbocycles. The standard InChI is InChI=1S/C14H17N3O/c1-9-11(12(18)14(2,3)4)17-13(16-9)10-6-5-7-15-8-10/h5-8H,1-4H3,(H,16,17). The molecule has 0 unspecified atom stereocenters. The predicted molar refractivity (Wildman–Crippen MR) is 70.3 cm³/mol. The van der Waals surface area contributed by atoms with E-state index in [1.165, 1.54) is 0 Å². The highest BCUT2D eigenvalue weighted by molar-refractivity contribution is 5.99. The first-order valence-electron chi connectivity index (χ1n) is 5.91. The Balaban J connectivity index is 2.43. The van der Waals surface area contributed by atoms with Gasteiger partial charge in [-0.2, -0.15) is 0 Å². The summed E-state index contributed by atoms with van der Waals surface area (Å²) < 4.78 is 0. The van der Waals surface area contributed by atoms with Crippen molar-refractivity contribution in [3.05, 3.63) is 35.9 Å². The zero-order valence-electron chi connectivity index (χ0n) is 11.1. The van der Waals surface area contributed by atoms with E-state index in [0.29, 0.717) is 11.5 Å². The summed E-state index contributed by atoms with van der Waals surface area (Å²) in [5.74, 6) is 0.736. The molecular weight excluding hydrogens is 226 g/mol. The maximum Gasteiger partial charge on any atom is 0.188 e. The molecule has 0 atom stereocenters. The number of hydrogen-bond donors (Lipinski definition) is 1. The lowest BCUT2D eigenvalue weighted by atomic mass is 9.88. The Morgan fingerprint density at radius 1 is 1.33 bits per heavy atom. The van der Waals surface area contributed by atoms with Gasteiger partial charge in [0.25, 0.3) is 0 Å². The van der Waals surface area contributed by atoms with Crippen molar-refractivity contribution in [3.63, 3.8) is 0 Å². The second-order valence-electron chi connectivity index (χ2n) is 5.38. The van der Waals surface area contributed by atoms with Crippen molar-refractivity contribution < 1.29 is 4.79 Å². The van der Waals surface area contributed by atoms with Gasteiger partial charge in [-0.25, -0.2) is 4.98 Å². The Morgan fingerprint density at radius 3 is 2.61 bits per heavy atom. The molecule has 0 spiro atoms. The van der Waals surface area contributed by atoms with E-state index < -0.39 is 5.41 Å². The molecule has 2 rings (SSSR count). The third kappa shape index (κ3) is 2.32. The van der Waals surface area contributed by atoms with Crippen LogP contribution in [0.25, 0.3) is 11.4 Å². The van der Waals surface area contributed by atoms with E-state index >= 15 is 0 Å². The Morgan fingerprint density at radius 2 is 2.06 bits per heavy atom. The van der Waals surface area contributed by atoms with E-state index in [4.69, 9.17) is 0 Å². The summed E-state index contributed by atoms with van der Waals surface area (Å²) in [7, 11) is 0. The Labute approximate surface area is 106 Å². The van der Waals surface area contributed by atoms with Crippen molar-refractivity contribution in [3.8, 4) is 11.4 Å². The van der Waals surface area contributed by atoms with Gasteiger partial charge in [0.2, 0.25) is 0 Å². The van der Waals surface area contributed by atoms with Gasteiger partial charge < -0.3 is 4.98 Å². The van der Waals surface area contributed by atoms with Crippen LogP contribution in [-0.4, -0.2) is 20.7 Å². The number of aryl methyl sites for hydroxylation is 1. The first kappa shape index (κ1) is 12.5. The Bertz CT molecular complexity index is 564. The van der Waals surface area contributed by atoms with Crippen LogP contribution in [0.2, 0.25) is 0 Å². The number of imidazole rings is 1. The van der Waals surface area contributed by atoms with Crippen LogP contribution in [0.4, 0.5) is 0 Å². The molecule has 4 nitrogen and oxygen atoms in total. The monoisotopic (exact) mass is 243 g/mol. The molecule has 18 heavy (non-hydrogen) atoms. The average molecular weight is 243 g/mol. The van der Waals surface area contributed by atoms with Crippen molar-refractivity contribution in [2.45, 2.75) is 27.7 Å². The van der Waals surface area contributed by atoms with Crippen LogP contribution < -0.4 is 0 Å². The van der Waals surface area contributed by atoms with Gasteiger partial charge >= 0.3 is 0 Å². The SMILES string of the molecule is Cc1[nH]c(-c2cccnc2)nc1C(=O)C(C)(C)C. The second-order valence-corrected chi connectivity index (χ2v) is 5.38. The van der Waals surface area contributed by atoms with Gasteiger partial charge in [0.05, 0.1) is 0 Å². The van der Waals surface area contributed by atoms with Crippen LogP contribution in [0.5, 0.6) is 0 Å². The van der Waals surface area contributed by atoms with Crippen molar-refractivity contribution in [1.82, 2.24) is 15.0 Å². The number of nitrogens with zero attached hydrogens (tertiary/aromatic N) is 2. The third-order valence-corrected chi connectivity index (χ3v) is 2.72. The zero-order chi connectivity index (χ0) is 13.3. The minimum Gasteiger partial charge on any atom is -0.341 e. The van der Waals surface area contributed by atoms with Crippen molar-refractivity contribution in [1.29, 1.82) is 0 Å². The molecule has 0 saturated heterocycles. The predicted octanol–water partition coefficient (Wildman–Crippen LogP) is 3.01. The summed E-state index contributed by atoms with van der Waals surface area (Å²) in [4.78, 5) is 23.8. The third-order valence-electron chi connectivity index (χ3n) is 2.72. The summed E-state index contributed by atoms with van der Waals surface area (Å²) in [6.45, 7) is 7.56. The minimum absolute atomic E-state index is 0.0476. The highest BCUT2D eigenvalue weighted by atomic mass is 16.1. The quantitative estimate of drug-likeness (QED) is 0.825. The molecule has 1 N–H and O–H groups in total. The first-order chi connectivity index (χ1) is 8.39. The molecule has 0 aliphatic rings. The number of carbonyl (C=O) groups excluding carboxylic acids is 1. The highest BCUT2D eigenvalue weighted by Crippen LogP contribution is 2.24. The number of hydrogen-bond acceptors (Lipinski definition) is 3. The van der Waals surface area contributed by atoms with Gasteiger partial charge in [-0.05, 0) is 19.1 Å². The summed E-state index contributed by atoms with van der Waals surface area (Å²) in [6.07, 6.45) is 3.43. The molecule has 0 radical (unpaired) electrons. The van der Waals surface area contributed by atoms with E-state index in [-0.39, 0.29) is 5.78 Å². The Kier molecular flexibility index (Phi) is 3.03. The molecule has 94 valence electrons. The number of Topliss-reactive ketones (excluding diaryl/α,β-unsaturated/α-hetero) is 1. The number of rotatable bonds is 2. The number of aromatic nitrogens is 3. The normalized spacial score (nSPS) is 11.6. The van der Waals surface area contributed by atoms with Crippen molar-refractivity contribution in [2.75, 3.05) is 0 Å². The lowest BCUT2D eigenvalue weighted by Crippen LogP contribution is -2.21. The van der Waals surface area contributed by atoms with E-state index in [2.05, 4.69) is 15.0 Å². The van der Waals surface area contributed by atoms with E-state index in [1.807, 2.05) is 39.8 Å². The Hall–Kier alpha value is -1.97. The first-order valence-corrected chi connectivity index (χ1v) is 5.91. The van der Waals surface area contributed by atoms with Gasteiger partial charge in [-0.15, -0.1) is 0 Å². The topological polar surface area (TPSA) is 58.6 Å². The number of ketones is 1. The molecule has 0 amide bonds. The summed E-state index contributed by atoms with van der Waals surface area (Å²) in [5.41, 5.74) is 1.77. The molecule has 2 heterocycles. The number of aromatic amines is 1. The van der Waals surface area contributed by atoms with Crippen molar-refractivity contribution in [2.24, 2.45) is 5.41 Å². The maximum atomic E-state index is 12.2. The molecule has 0 saturated carbocycles. The molecule has 2 aromatic rings. The number of nitrogens with one attached hydrogen (secondary N) is 1. The fraction of sp³-hybridized carbons (Fsp3) is 0.357. The van der Waals surface area contributed by atoms with Crippen LogP contribution >= 0.6 is 0 Å². The lowest BCUT2D eigenvalue weighted by Gasteiger charge is -2.14. The number of H-pyrrole nitrogens is 1. The van der Waals surface area contributed by atoms with Crippen LogP contribution in [0.3, 0.4) is 0 Å². The van der Waals surface area contributed by atoms with Gasteiger partial charge in [0.1, 0.15) is 11.5 Å². The molecule has 4 heteroatoms. The average Bonchev–Trinajstić information content (AvgIpc) is 2.70. The van der Waals surface area contributed by atoms with E-state index in [0.717, 1.165) is 11.3 Å². The minimum atomic E-state index is -0.424. The largest absolute Gasteiger partial charge is 0.341 e. The molecule has 0 fully saturated rings. The van der Waals surface area contributed by atoms with E-state index in [1.54, 1.807) is 12.4 Å². The van der Waals surface area contributed by atoms with Crippen molar-refractivity contribution >= 4 is 5.78 Å². The van der Waals surface area contributed by atoms with Gasteiger partial charge in [-0.3, -0.25) is 9.78 Å².